The largest absolute Gasteiger partial charge is 0.361 e. The van der Waals surface area contributed by atoms with Crippen LogP contribution in [-0.4, -0.2) is 39.8 Å². The SMILES string of the molecule is CC(C)(C)N1C(=O)c2ccc(NC(=O)NCCc3c[nH]c4ccccc34)cc2C1=O. The molecule has 154 valence electrons. The minimum absolute atomic E-state index is 0.308. The van der Waals surface area contributed by atoms with Gasteiger partial charge < -0.3 is 15.6 Å². The zero-order chi connectivity index (χ0) is 21.5. The smallest absolute Gasteiger partial charge is 0.319 e. The number of imide groups is 1. The molecule has 4 rings (SSSR count). The Morgan fingerprint density at radius 3 is 2.53 bits per heavy atom. The zero-order valence-electron chi connectivity index (χ0n) is 17.2. The van der Waals surface area contributed by atoms with Crippen molar-refractivity contribution in [3.8, 4) is 0 Å². The minimum atomic E-state index is -0.611. The Balaban J connectivity index is 1.39. The molecule has 4 amide bonds. The number of fused-ring (bicyclic) bond motifs is 2. The van der Waals surface area contributed by atoms with Crippen molar-refractivity contribution in [1.29, 1.82) is 0 Å². The van der Waals surface area contributed by atoms with E-state index in [1.54, 1.807) is 18.2 Å². The summed E-state index contributed by atoms with van der Waals surface area (Å²) in [6.45, 7) is 5.91. The number of aromatic nitrogens is 1. The number of aromatic amines is 1. The average molecular weight is 404 g/mol. The van der Waals surface area contributed by atoms with E-state index < -0.39 is 5.54 Å². The fraction of sp³-hybridized carbons (Fsp3) is 0.261. The molecule has 2 heterocycles. The molecule has 3 aromatic rings. The van der Waals surface area contributed by atoms with Gasteiger partial charge in [0.1, 0.15) is 0 Å². The van der Waals surface area contributed by atoms with Gasteiger partial charge >= 0.3 is 6.03 Å². The second kappa shape index (κ2) is 7.33. The normalized spacial score (nSPS) is 13.6. The second-order valence-corrected chi connectivity index (χ2v) is 8.37. The Bertz CT molecular complexity index is 1160. The highest BCUT2D eigenvalue weighted by molar-refractivity contribution is 6.22. The van der Waals surface area contributed by atoms with Crippen molar-refractivity contribution in [3.63, 3.8) is 0 Å². The van der Waals surface area contributed by atoms with Gasteiger partial charge in [-0.1, -0.05) is 18.2 Å². The molecule has 1 aliphatic heterocycles. The van der Waals surface area contributed by atoms with Crippen LogP contribution in [0.5, 0.6) is 0 Å². The topological polar surface area (TPSA) is 94.3 Å². The number of anilines is 1. The first-order valence-electron chi connectivity index (χ1n) is 9.88. The van der Waals surface area contributed by atoms with Crippen LogP contribution in [0, 0.1) is 0 Å². The molecular weight excluding hydrogens is 380 g/mol. The van der Waals surface area contributed by atoms with Crippen LogP contribution in [0.25, 0.3) is 10.9 Å². The van der Waals surface area contributed by atoms with E-state index in [0.717, 1.165) is 16.5 Å². The number of H-pyrrole nitrogens is 1. The molecule has 7 nitrogen and oxygen atoms in total. The maximum absolute atomic E-state index is 12.7. The number of para-hydroxylation sites is 1. The van der Waals surface area contributed by atoms with E-state index in [4.69, 9.17) is 0 Å². The molecule has 0 unspecified atom stereocenters. The molecule has 0 aliphatic carbocycles. The molecule has 2 aromatic carbocycles. The van der Waals surface area contributed by atoms with Gasteiger partial charge in [-0.3, -0.25) is 14.5 Å². The number of benzene rings is 2. The highest BCUT2D eigenvalue weighted by atomic mass is 16.2. The van der Waals surface area contributed by atoms with Crippen molar-refractivity contribution in [1.82, 2.24) is 15.2 Å². The monoisotopic (exact) mass is 404 g/mol. The van der Waals surface area contributed by atoms with Crippen LogP contribution in [0.3, 0.4) is 0 Å². The first-order valence-corrected chi connectivity index (χ1v) is 9.88. The van der Waals surface area contributed by atoms with E-state index in [-0.39, 0.29) is 17.8 Å². The Morgan fingerprint density at radius 1 is 1.03 bits per heavy atom. The summed E-state index contributed by atoms with van der Waals surface area (Å²) < 4.78 is 0. The summed E-state index contributed by atoms with van der Waals surface area (Å²) in [5.41, 5.74) is 2.73. The summed E-state index contributed by atoms with van der Waals surface area (Å²) in [6.07, 6.45) is 2.64. The van der Waals surface area contributed by atoms with Gasteiger partial charge in [0, 0.05) is 34.9 Å². The lowest BCUT2D eigenvalue weighted by molar-refractivity contribution is 0.0507. The van der Waals surface area contributed by atoms with Crippen LogP contribution in [0.2, 0.25) is 0 Å². The lowest BCUT2D eigenvalue weighted by Gasteiger charge is -2.29. The van der Waals surface area contributed by atoms with E-state index in [1.165, 1.54) is 4.90 Å². The highest BCUT2D eigenvalue weighted by Crippen LogP contribution is 2.30. The van der Waals surface area contributed by atoms with Crippen molar-refractivity contribution in [2.75, 3.05) is 11.9 Å². The number of hydrogen-bond acceptors (Lipinski definition) is 3. The van der Waals surface area contributed by atoms with Crippen LogP contribution in [0.1, 0.15) is 47.1 Å². The predicted molar refractivity (Wildman–Crippen MR) is 116 cm³/mol. The van der Waals surface area contributed by atoms with E-state index in [9.17, 15) is 14.4 Å². The maximum atomic E-state index is 12.7. The summed E-state index contributed by atoms with van der Waals surface area (Å²) in [4.78, 5) is 42.0. The summed E-state index contributed by atoms with van der Waals surface area (Å²) in [5.74, 6) is -0.650. The lowest BCUT2D eigenvalue weighted by Crippen LogP contribution is -2.45. The van der Waals surface area contributed by atoms with Gasteiger partial charge in [0.05, 0.1) is 11.1 Å². The number of nitrogens with zero attached hydrogens (tertiary/aromatic N) is 1. The third-order valence-electron chi connectivity index (χ3n) is 5.17. The highest BCUT2D eigenvalue weighted by Gasteiger charge is 2.41. The molecule has 0 spiro atoms. The van der Waals surface area contributed by atoms with Crippen LogP contribution >= 0.6 is 0 Å². The van der Waals surface area contributed by atoms with E-state index in [1.807, 2.05) is 51.2 Å². The Kier molecular flexibility index (Phi) is 4.81. The van der Waals surface area contributed by atoms with Crippen molar-refractivity contribution >= 4 is 34.4 Å². The Labute approximate surface area is 174 Å². The maximum Gasteiger partial charge on any atom is 0.319 e. The Morgan fingerprint density at radius 2 is 1.77 bits per heavy atom. The number of urea groups is 1. The van der Waals surface area contributed by atoms with Gasteiger partial charge in [-0.15, -0.1) is 0 Å². The van der Waals surface area contributed by atoms with Crippen LogP contribution in [-0.2, 0) is 6.42 Å². The number of carbonyl (C=O) groups excluding carboxylic acids is 3. The predicted octanol–water partition coefficient (Wildman–Crippen LogP) is 3.93. The molecule has 0 fully saturated rings. The van der Waals surface area contributed by atoms with Gasteiger partial charge in [0.25, 0.3) is 11.8 Å². The molecule has 1 aromatic heterocycles. The van der Waals surface area contributed by atoms with Crippen molar-refractivity contribution in [2.45, 2.75) is 32.7 Å². The molecule has 0 saturated heterocycles. The molecule has 0 bridgehead atoms. The van der Waals surface area contributed by atoms with E-state index in [0.29, 0.717) is 29.8 Å². The van der Waals surface area contributed by atoms with Crippen molar-refractivity contribution < 1.29 is 14.4 Å². The molecule has 30 heavy (non-hydrogen) atoms. The fourth-order valence-corrected chi connectivity index (χ4v) is 3.75. The summed E-state index contributed by atoms with van der Waals surface area (Å²) in [6, 6.07) is 12.4. The minimum Gasteiger partial charge on any atom is -0.361 e. The third kappa shape index (κ3) is 3.54. The summed E-state index contributed by atoms with van der Waals surface area (Å²) >= 11 is 0. The lowest BCUT2D eigenvalue weighted by atomic mass is 10.1. The molecule has 0 atom stereocenters. The Hall–Kier alpha value is -3.61. The van der Waals surface area contributed by atoms with Crippen molar-refractivity contribution in [2.24, 2.45) is 0 Å². The van der Waals surface area contributed by atoms with Gasteiger partial charge in [-0.05, 0) is 57.0 Å². The quantitative estimate of drug-likeness (QED) is 0.575. The number of amides is 4. The first kappa shape index (κ1) is 19.7. The van der Waals surface area contributed by atoms with Gasteiger partial charge in [-0.25, -0.2) is 4.79 Å². The average Bonchev–Trinajstić information content (AvgIpc) is 3.20. The standard InChI is InChI=1S/C23H24N4O3/c1-23(2,3)27-20(28)17-9-8-15(12-18(17)21(27)29)26-22(30)24-11-10-14-13-25-19-7-5-4-6-16(14)19/h4-9,12-13,25H,10-11H2,1-3H3,(H2,24,26,30). The van der Waals surface area contributed by atoms with E-state index >= 15 is 0 Å². The van der Waals surface area contributed by atoms with Gasteiger partial charge in [0.2, 0.25) is 0 Å². The third-order valence-corrected chi connectivity index (χ3v) is 5.17. The van der Waals surface area contributed by atoms with E-state index in [2.05, 4.69) is 15.6 Å². The van der Waals surface area contributed by atoms with Crippen LogP contribution < -0.4 is 10.6 Å². The molecule has 1 aliphatic rings. The van der Waals surface area contributed by atoms with Gasteiger partial charge in [-0.2, -0.15) is 0 Å². The summed E-state index contributed by atoms with van der Waals surface area (Å²) in [5, 5.41) is 6.71. The fourth-order valence-electron chi connectivity index (χ4n) is 3.75. The van der Waals surface area contributed by atoms with Crippen LogP contribution in [0.4, 0.5) is 10.5 Å². The first-order chi connectivity index (χ1) is 14.3. The zero-order valence-corrected chi connectivity index (χ0v) is 17.2. The number of carbonyl (C=O) groups is 3. The molecular formula is C23H24N4O3. The summed E-state index contributed by atoms with van der Waals surface area (Å²) in [7, 11) is 0. The molecule has 3 N–H and O–H groups in total. The second-order valence-electron chi connectivity index (χ2n) is 8.37. The molecule has 7 heteroatoms. The van der Waals surface area contributed by atoms with Crippen LogP contribution in [0.15, 0.2) is 48.7 Å². The van der Waals surface area contributed by atoms with Gasteiger partial charge in [0.15, 0.2) is 0 Å². The number of rotatable bonds is 4. The number of nitrogens with one attached hydrogen (secondary N) is 3. The van der Waals surface area contributed by atoms with Crippen molar-refractivity contribution in [3.05, 3.63) is 65.4 Å². The molecule has 0 saturated carbocycles. The molecule has 0 radical (unpaired) electrons. The number of hydrogen-bond donors (Lipinski definition) is 3.